The number of esters is 1. The summed E-state index contributed by atoms with van der Waals surface area (Å²) in [4.78, 5) is 12.1. The van der Waals surface area contributed by atoms with Crippen molar-refractivity contribution in [2.75, 3.05) is 26.4 Å². The summed E-state index contributed by atoms with van der Waals surface area (Å²) in [6.45, 7) is 3.22. The standard InChI is InChI=1S/C13H16O4/c1-2-16-12(14)13(10-15-8-9-17-13)11-6-4-3-5-7-11/h3-7H,2,8-10H2,1H3. The van der Waals surface area contributed by atoms with Gasteiger partial charge in [-0.15, -0.1) is 0 Å². The summed E-state index contributed by atoms with van der Waals surface area (Å²) < 4.78 is 16.1. The molecule has 0 aliphatic carbocycles. The van der Waals surface area contributed by atoms with Gasteiger partial charge in [0.05, 0.1) is 26.4 Å². The summed E-state index contributed by atoms with van der Waals surface area (Å²) in [5.41, 5.74) is -0.326. The van der Waals surface area contributed by atoms with E-state index in [-0.39, 0.29) is 12.6 Å². The number of hydrogen-bond acceptors (Lipinski definition) is 4. The van der Waals surface area contributed by atoms with Gasteiger partial charge in [0.1, 0.15) is 0 Å². The van der Waals surface area contributed by atoms with Crippen molar-refractivity contribution in [2.24, 2.45) is 0 Å². The van der Waals surface area contributed by atoms with Crippen molar-refractivity contribution in [1.29, 1.82) is 0 Å². The zero-order chi connectivity index (χ0) is 12.1. The lowest BCUT2D eigenvalue weighted by Gasteiger charge is -2.34. The first-order valence-electron chi connectivity index (χ1n) is 5.74. The van der Waals surface area contributed by atoms with Crippen LogP contribution in [0.5, 0.6) is 0 Å². The van der Waals surface area contributed by atoms with E-state index in [0.717, 1.165) is 5.56 Å². The van der Waals surface area contributed by atoms with E-state index in [1.54, 1.807) is 6.92 Å². The summed E-state index contributed by atoms with van der Waals surface area (Å²) in [5.74, 6) is -0.383. The molecule has 17 heavy (non-hydrogen) atoms. The number of rotatable bonds is 3. The Bertz CT molecular complexity index is 368. The molecule has 0 amide bonds. The maximum Gasteiger partial charge on any atom is 0.345 e. The van der Waals surface area contributed by atoms with E-state index in [1.165, 1.54) is 0 Å². The van der Waals surface area contributed by atoms with Gasteiger partial charge in [-0.3, -0.25) is 0 Å². The molecule has 0 spiro atoms. The van der Waals surface area contributed by atoms with E-state index in [4.69, 9.17) is 14.2 Å². The third kappa shape index (κ3) is 2.33. The van der Waals surface area contributed by atoms with Gasteiger partial charge in [-0.2, -0.15) is 0 Å². The van der Waals surface area contributed by atoms with E-state index in [1.807, 2.05) is 30.3 Å². The lowest BCUT2D eigenvalue weighted by Crippen LogP contribution is -2.48. The van der Waals surface area contributed by atoms with Gasteiger partial charge in [-0.25, -0.2) is 4.79 Å². The predicted molar refractivity (Wildman–Crippen MR) is 61.5 cm³/mol. The largest absolute Gasteiger partial charge is 0.464 e. The van der Waals surface area contributed by atoms with Crippen molar-refractivity contribution in [3.8, 4) is 0 Å². The molecule has 0 bridgehead atoms. The van der Waals surface area contributed by atoms with E-state index in [0.29, 0.717) is 19.8 Å². The summed E-state index contributed by atoms with van der Waals surface area (Å²) >= 11 is 0. The van der Waals surface area contributed by atoms with Crippen LogP contribution >= 0.6 is 0 Å². The minimum Gasteiger partial charge on any atom is -0.464 e. The first kappa shape index (κ1) is 12.1. The highest BCUT2D eigenvalue weighted by atomic mass is 16.6. The van der Waals surface area contributed by atoms with Crippen molar-refractivity contribution < 1.29 is 19.0 Å². The quantitative estimate of drug-likeness (QED) is 0.746. The lowest BCUT2D eigenvalue weighted by atomic mass is 9.94. The van der Waals surface area contributed by atoms with Crippen molar-refractivity contribution in [2.45, 2.75) is 12.5 Å². The number of benzene rings is 1. The Morgan fingerprint density at radius 2 is 2.12 bits per heavy atom. The Balaban J connectivity index is 2.33. The van der Waals surface area contributed by atoms with Crippen molar-refractivity contribution in [1.82, 2.24) is 0 Å². The molecule has 0 radical (unpaired) electrons. The Morgan fingerprint density at radius 3 is 2.71 bits per heavy atom. The second kappa shape index (κ2) is 5.29. The zero-order valence-corrected chi connectivity index (χ0v) is 9.85. The van der Waals surface area contributed by atoms with Crippen LogP contribution in [0, 0.1) is 0 Å². The van der Waals surface area contributed by atoms with Gasteiger partial charge < -0.3 is 14.2 Å². The third-order valence-corrected chi connectivity index (χ3v) is 2.73. The van der Waals surface area contributed by atoms with Crippen LogP contribution in [-0.4, -0.2) is 32.4 Å². The molecule has 92 valence electrons. The summed E-state index contributed by atoms with van der Waals surface area (Å²) in [6, 6.07) is 9.34. The van der Waals surface area contributed by atoms with Crippen LogP contribution in [-0.2, 0) is 24.6 Å². The fourth-order valence-corrected chi connectivity index (χ4v) is 1.89. The minimum atomic E-state index is -1.10. The fraction of sp³-hybridized carbons (Fsp3) is 0.462. The number of hydrogen-bond donors (Lipinski definition) is 0. The molecule has 1 heterocycles. The first-order valence-corrected chi connectivity index (χ1v) is 5.74. The summed E-state index contributed by atoms with van der Waals surface area (Å²) in [7, 11) is 0. The normalized spacial score (nSPS) is 24.3. The Morgan fingerprint density at radius 1 is 1.35 bits per heavy atom. The second-order valence-electron chi connectivity index (χ2n) is 3.81. The minimum absolute atomic E-state index is 0.204. The number of carbonyl (C=O) groups is 1. The molecular formula is C13H16O4. The smallest absolute Gasteiger partial charge is 0.345 e. The Kier molecular flexibility index (Phi) is 3.76. The van der Waals surface area contributed by atoms with E-state index < -0.39 is 5.60 Å². The molecule has 1 atom stereocenters. The van der Waals surface area contributed by atoms with Crippen molar-refractivity contribution >= 4 is 5.97 Å². The van der Waals surface area contributed by atoms with Crippen LogP contribution in [0.1, 0.15) is 12.5 Å². The fourth-order valence-electron chi connectivity index (χ4n) is 1.89. The lowest BCUT2D eigenvalue weighted by molar-refractivity contribution is -0.202. The van der Waals surface area contributed by atoms with Gasteiger partial charge in [-0.1, -0.05) is 30.3 Å². The van der Waals surface area contributed by atoms with Crippen molar-refractivity contribution in [3.63, 3.8) is 0 Å². The monoisotopic (exact) mass is 236 g/mol. The third-order valence-electron chi connectivity index (χ3n) is 2.73. The van der Waals surface area contributed by atoms with Crippen LogP contribution in [0.15, 0.2) is 30.3 Å². The number of ether oxygens (including phenoxy) is 3. The highest BCUT2D eigenvalue weighted by molar-refractivity contribution is 5.81. The Hall–Kier alpha value is -1.39. The molecule has 1 saturated heterocycles. The molecule has 0 saturated carbocycles. The molecule has 1 unspecified atom stereocenters. The van der Waals surface area contributed by atoms with E-state index in [9.17, 15) is 4.79 Å². The van der Waals surface area contributed by atoms with Gasteiger partial charge in [0.15, 0.2) is 0 Å². The van der Waals surface area contributed by atoms with Crippen LogP contribution < -0.4 is 0 Å². The van der Waals surface area contributed by atoms with Gasteiger partial charge in [0.25, 0.3) is 0 Å². The SMILES string of the molecule is CCOC(=O)C1(c2ccccc2)COCCO1. The van der Waals surface area contributed by atoms with Crippen molar-refractivity contribution in [3.05, 3.63) is 35.9 Å². The van der Waals surface area contributed by atoms with Crippen LogP contribution in [0.4, 0.5) is 0 Å². The topological polar surface area (TPSA) is 44.8 Å². The van der Waals surface area contributed by atoms with Gasteiger partial charge >= 0.3 is 5.97 Å². The van der Waals surface area contributed by atoms with Crippen LogP contribution in [0.2, 0.25) is 0 Å². The summed E-state index contributed by atoms with van der Waals surface area (Å²) in [5, 5.41) is 0. The maximum atomic E-state index is 12.1. The van der Waals surface area contributed by atoms with Crippen LogP contribution in [0.25, 0.3) is 0 Å². The van der Waals surface area contributed by atoms with Gasteiger partial charge in [0.2, 0.25) is 5.60 Å². The van der Waals surface area contributed by atoms with E-state index >= 15 is 0 Å². The van der Waals surface area contributed by atoms with Gasteiger partial charge in [0, 0.05) is 0 Å². The number of carbonyl (C=O) groups excluding carboxylic acids is 1. The highest BCUT2D eigenvalue weighted by Crippen LogP contribution is 2.30. The summed E-state index contributed by atoms with van der Waals surface area (Å²) in [6.07, 6.45) is 0. The molecule has 4 heteroatoms. The van der Waals surface area contributed by atoms with Crippen LogP contribution in [0.3, 0.4) is 0 Å². The molecule has 1 aliphatic heterocycles. The van der Waals surface area contributed by atoms with E-state index in [2.05, 4.69) is 0 Å². The first-order chi connectivity index (χ1) is 8.29. The average Bonchev–Trinajstić information content (AvgIpc) is 2.41. The molecule has 1 aromatic rings. The molecule has 2 rings (SSSR count). The average molecular weight is 236 g/mol. The molecule has 1 fully saturated rings. The highest BCUT2D eigenvalue weighted by Gasteiger charge is 2.45. The molecule has 1 aliphatic rings. The molecule has 1 aromatic carbocycles. The maximum absolute atomic E-state index is 12.1. The zero-order valence-electron chi connectivity index (χ0n) is 9.85. The molecular weight excluding hydrogens is 220 g/mol. The molecule has 4 nitrogen and oxygen atoms in total. The Labute approximate surface area is 100 Å². The second-order valence-corrected chi connectivity index (χ2v) is 3.81. The van der Waals surface area contributed by atoms with Gasteiger partial charge in [-0.05, 0) is 12.5 Å². The molecule has 0 aromatic heterocycles. The molecule has 0 N–H and O–H groups in total. The predicted octanol–water partition coefficient (Wildman–Crippen LogP) is 1.49.